The molecule has 0 aliphatic rings. The highest BCUT2D eigenvalue weighted by Crippen LogP contribution is 2.31. The molecule has 0 radical (unpaired) electrons. The Morgan fingerprint density at radius 3 is 2.43 bits per heavy atom. The normalized spacial score (nSPS) is 11.0. The van der Waals surface area contributed by atoms with E-state index in [1.165, 1.54) is 0 Å². The Bertz CT molecular complexity index is 813. The largest absolute Gasteiger partial charge is 0.392 e. The molecule has 3 aromatic rings. The fourth-order valence-corrected chi connectivity index (χ4v) is 2.87. The molecule has 0 fully saturated rings. The highest BCUT2D eigenvalue weighted by atomic mass is 35.5. The van der Waals surface area contributed by atoms with E-state index < -0.39 is 0 Å². The molecule has 1 N–H and O–H groups in total. The third-order valence-electron chi connectivity index (χ3n) is 3.50. The van der Waals surface area contributed by atoms with Gasteiger partial charge < -0.3 is 5.11 Å². The summed E-state index contributed by atoms with van der Waals surface area (Å²) >= 11 is 12.2. The first kappa shape index (κ1) is 14.3. The van der Waals surface area contributed by atoms with E-state index in [1.54, 1.807) is 6.07 Å². The van der Waals surface area contributed by atoms with E-state index >= 15 is 0 Å². The number of aliphatic hydroxyl groups is 1. The average molecular weight is 318 g/mol. The van der Waals surface area contributed by atoms with Crippen LogP contribution in [0.3, 0.4) is 0 Å². The van der Waals surface area contributed by atoms with Crippen molar-refractivity contribution in [3.05, 3.63) is 63.6 Å². The molecule has 1 heterocycles. The minimum Gasteiger partial charge on any atom is -0.392 e. The van der Waals surface area contributed by atoms with Gasteiger partial charge in [0.2, 0.25) is 0 Å². The number of hydrogen-bond acceptors (Lipinski definition) is 2. The van der Waals surface area contributed by atoms with Crippen molar-refractivity contribution in [3.63, 3.8) is 0 Å². The van der Waals surface area contributed by atoms with Crippen LogP contribution in [-0.2, 0) is 6.61 Å². The van der Waals surface area contributed by atoms with Gasteiger partial charge >= 0.3 is 0 Å². The third-order valence-corrected chi connectivity index (χ3v) is 4.07. The first-order chi connectivity index (χ1) is 10.1. The van der Waals surface area contributed by atoms with E-state index in [2.05, 4.69) is 4.98 Å². The zero-order chi connectivity index (χ0) is 15.0. The molecular weight excluding hydrogens is 305 g/mol. The standard InChI is InChI=1S/C17H13Cl2NO/c1-10-8-15(11-2-5-13(18)6-3-11)20-17-12(9-21)4-7-14(19)16(10)17/h2-8,21H,9H2,1H3. The van der Waals surface area contributed by atoms with Crippen molar-refractivity contribution < 1.29 is 5.11 Å². The highest BCUT2D eigenvalue weighted by molar-refractivity contribution is 6.35. The average Bonchev–Trinajstić information content (AvgIpc) is 2.48. The van der Waals surface area contributed by atoms with Crippen LogP contribution in [0.2, 0.25) is 10.0 Å². The first-order valence-electron chi connectivity index (χ1n) is 6.55. The Balaban J connectivity index is 2.29. The van der Waals surface area contributed by atoms with Crippen molar-refractivity contribution in [2.45, 2.75) is 13.5 Å². The summed E-state index contributed by atoms with van der Waals surface area (Å²) in [5.74, 6) is 0. The number of benzene rings is 2. The molecule has 0 atom stereocenters. The van der Waals surface area contributed by atoms with Gasteiger partial charge in [0, 0.05) is 21.5 Å². The van der Waals surface area contributed by atoms with E-state index in [9.17, 15) is 5.11 Å². The Kier molecular flexibility index (Phi) is 3.85. The van der Waals surface area contributed by atoms with Crippen LogP contribution in [0.15, 0.2) is 42.5 Å². The number of hydrogen-bond donors (Lipinski definition) is 1. The number of aryl methyl sites for hydroxylation is 1. The number of halogens is 2. The van der Waals surface area contributed by atoms with Crippen LogP contribution in [0.4, 0.5) is 0 Å². The lowest BCUT2D eigenvalue weighted by Crippen LogP contribution is -1.94. The summed E-state index contributed by atoms with van der Waals surface area (Å²) in [6.07, 6.45) is 0. The fraction of sp³-hybridized carbons (Fsp3) is 0.118. The van der Waals surface area contributed by atoms with Crippen LogP contribution in [0.1, 0.15) is 11.1 Å². The first-order valence-corrected chi connectivity index (χ1v) is 7.31. The molecule has 0 aliphatic heterocycles. The second-order valence-corrected chi connectivity index (χ2v) is 5.76. The van der Waals surface area contributed by atoms with Crippen LogP contribution in [0.5, 0.6) is 0 Å². The van der Waals surface area contributed by atoms with Gasteiger partial charge in [0.15, 0.2) is 0 Å². The van der Waals surface area contributed by atoms with Crippen LogP contribution >= 0.6 is 23.2 Å². The summed E-state index contributed by atoms with van der Waals surface area (Å²) in [6, 6.07) is 13.1. The lowest BCUT2D eigenvalue weighted by Gasteiger charge is -2.11. The number of pyridine rings is 1. The zero-order valence-electron chi connectivity index (χ0n) is 11.4. The van der Waals surface area contributed by atoms with Crippen LogP contribution < -0.4 is 0 Å². The molecule has 2 aromatic carbocycles. The quantitative estimate of drug-likeness (QED) is 0.720. The molecule has 0 amide bonds. The lowest BCUT2D eigenvalue weighted by molar-refractivity contribution is 0.283. The molecule has 106 valence electrons. The minimum atomic E-state index is -0.0653. The maximum Gasteiger partial charge on any atom is 0.0782 e. The monoisotopic (exact) mass is 317 g/mol. The molecule has 4 heteroatoms. The summed E-state index contributed by atoms with van der Waals surface area (Å²) in [6.45, 7) is 1.93. The maximum atomic E-state index is 9.51. The zero-order valence-corrected chi connectivity index (χ0v) is 12.9. The smallest absolute Gasteiger partial charge is 0.0782 e. The Morgan fingerprint density at radius 2 is 1.76 bits per heavy atom. The summed E-state index contributed by atoms with van der Waals surface area (Å²) in [7, 11) is 0. The van der Waals surface area contributed by atoms with Gasteiger partial charge in [-0.15, -0.1) is 0 Å². The minimum absolute atomic E-state index is 0.0653. The van der Waals surface area contributed by atoms with Gasteiger partial charge in [0.1, 0.15) is 0 Å². The van der Waals surface area contributed by atoms with Gasteiger partial charge in [-0.2, -0.15) is 0 Å². The van der Waals surface area contributed by atoms with Gasteiger partial charge in [0.25, 0.3) is 0 Å². The van der Waals surface area contributed by atoms with E-state index in [0.29, 0.717) is 10.0 Å². The summed E-state index contributed by atoms with van der Waals surface area (Å²) in [4.78, 5) is 4.68. The van der Waals surface area contributed by atoms with E-state index in [4.69, 9.17) is 23.2 Å². The van der Waals surface area contributed by atoms with E-state index in [-0.39, 0.29) is 6.61 Å². The van der Waals surface area contributed by atoms with Gasteiger partial charge in [0.05, 0.1) is 22.8 Å². The lowest BCUT2D eigenvalue weighted by atomic mass is 10.0. The summed E-state index contributed by atoms with van der Waals surface area (Å²) in [5, 5.41) is 11.7. The summed E-state index contributed by atoms with van der Waals surface area (Å²) < 4.78 is 0. The Labute approximate surface area is 133 Å². The SMILES string of the molecule is Cc1cc(-c2ccc(Cl)cc2)nc2c(CO)ccc(Cl)c12. The van der Waals surface area contributed by atoms with Gasteiger partial charge in [-0.3, -0.25) is 0 Å². The molecular formula is C17H13Cl2NO. The predicted molar refractivity (Wildman–Crippen MR) is 87.9 cm³/mol. The molecule has 3 rings (SSSR count). The molecule has 0 aliphatic carbocycles. The molecule has 0 saturated carbocycles. The van der Waals surface area contributed by atoms with Crippen LogP contribution in [0.25, 0.3) is 22.2 Å². The molecule has 0 saturated heterocycles. The molecule has 2 nitrogen and oxygen atoms in total. The number of fused-ring (bicyclic) bond motifs is 1. The van der Waals surface area contributed by atoms with Crippen molar-refractivity contribution >= 4 is 34.1 Å². The maximum absolute atomic E-state index is 9.51. The third kappa shape index (κ3) is 2.62. The van der Waals surface area contributed by atoms with Gasteiger partial charge in [-0.1, -0.05) is 41.4 Å². The Morgan fingerprint density at radius 1 is 1.05 bits per heavy atom. The van der Waals surface area contributed by atoms with Crippen molar-refractivity contribution in [3.8, 4) is 11.3 Å². The number of nitrogens with zero attached hydrogens (tertiary/aromatic N) is 1. The molecule has 0 bridgehead atoms. The van der Waals surface area contributed by atoms with Crippen molar-refractivity contribution in [1.82, 2.24) is 4.98 Å². The predicted octanol–water partition coefficient (Wildman–Crippen LogP) is 5.01. The van der Waals surface area contributed by atoms with E-state index in [0.717, 1.165) is 33.3 Å². The molecule has 0 spiro atoms. The molecule has 0 unspecified atom stereocenters. The van der Waals surface area contributed by atoms with Crippen LogP contribution in [-0.4, -0.2) is 10.1 Å². The van der Waals surface area contributed by atoms with Crippen molar-refractivity contribution in [2.75, 3.05) is 0 Å². The van der Waals surface area contributed by atoms with Crippen LogP contribution in [0, 0.1) is 6.92 Å². The second-order valence-electron chi connectivity index (χ2n) is 4.92. The number of aliphatic hydroxyl groups excluding tert-OH is 1. The highest BCUT2D eigenvalue weighted by Gasteiger charge is 2.11. The van der Waals surface area contributed by atoms with Gasteiger partial charge in [-0.05, 0) is 36.8 Å². The van der Waals surface area contributed by atoms with Crippen molar-refractivity contribution in [2.24, 2.45) is 0 Å². The van der Waals surface area contributed by atoms with Gasteiger partial charge in [-0.25, -0.2) is 4.98 Å². The van der Waals surface area contributed by atoms with Crippen molar-refractivity contribution in [1.29, 1.82) is 0 Å². The molecule has 21 heavy (non-hydrogen) atoms. The topological polar surface area (TPSA) is 33.1 Å². The summed E-state index contributed by atoms with van der Waals surface area (Å²) in [5.41, 5.74) is 4.37. The molecule has 1 aromatic heterocycles. The Hall–Kier alpha value is -1.61. The fourth-order valence-electron chi connectivity index (χ4n) is 2.44. The second kappa shape index (κ2) is 5.64. The number of aromatic nitrogens is 1. The van der Waals surface area contributed by atoms with E-state index in [1.807, 2.05) is 43.3 Å². The number of rotatable bonds is 2.